The number of unbranched alkanes of at least 4 members (excludes halogenated alkanes) is 1. The van der Waals surface area contributed by atoms with Crippen LogP contribution in [0.3, 0.4) is 0 Å². The van der Waals surface area contributed by atoms with Crippen molar-refractivity contribution in [2.75, 3.05) is 19.7 Å². The molecule has 1 amide bonds. The lowest BCUT2D eigenvalue weighted by Crippen LogP contribution is -2.65. The van der Waals surface area contributed by atoms with Crippen LogP contribution in [0.15, 0.2) is 0 Å². The number of alkyl carbamates (subject to hydrolysis) is 1. The van der Waals surface area contributed by atoms with Crippen molar-refractivity contribution in [2.24, 2.45) is 5.41 Å². The van der Waals surface area contributed by atoms with E-state index in [0.717, 1.165) is 38.8 Å². The van der Waals surface area contributed by atoms with Crippen molar-refractivity contribution in [1.29, 1.82) is 0 Å². The molecule has 0 unspecified atom stereocenters. The van der Waals surface area contributed by atoms with Crippen molar-refractivity contribution in [3.05, 3.63) is 0 Å². The Balaban J connectivity index is 1.56. The zero-order chi connectivity index (χ0) is 10.7. The highest BCUT2D eigenvalue weighted by Gasteiger charge is 2.48. The van der Waals surface area contributed by atoms with E-state index in [-0.39, 0.29) is 6.09 Å². The smallest absolute Gasteiger partial charge is 0.407 e. The Kier molecular flexibility index (Phi) is 3.14. The van der Waals surface area contributed by atoms with E-state index < -0.39 is 0 Å². The van der Waals surface area contributed by atoms with E-state index in [1.54, 1.807) is 0 Å². The van der Waals surface area contributed by atoms with Crippen molar-refractivity contribution >= 4 is 6.09 Å². The van der Waals surface area contributed by atoms with Gasteiger partial charge in [-0.2, -0.15) is 0 Å². The van der Waals surface area contributed by atoms with E-state index in [9.17, 15) is 4.79 Å². The molecule has 0 bridgehead atoms. The molecule has 2 aliphatic rings. The molecule has 2 rings (SSSR count). The molecule has 0 radical (unpaired) electrons. The standard InChI is InChI=1S/C11H20N2O2/c1-2-3-4-15-10(14)13-9-5-11(6-9)7-12-8-11/h9,12H,2-8H2,1H3,(H,13,14). The van der Waals surface area contributed by atoms with Crippen molar-refractivity contribution in [3.8, 4) is 0 Å². The number of hydrogen-bond donors (Lipinski definition) is 2. The second-order valence-corrected chi connectivity index (χ2v) is 4.84. The van der Waals surface area contributed by atoms with Crippen molar-refractivity contribution < 1.29 is 9.53 Å². The van der Waals surface area contributed by atoms with Gasteiger partial charge in [-0.25, -0.2) is 4.79 Å². The van der Waals surface area contributed by atoms with Crippen LogP contribution in [-0.2, 0) is 4.74 Å². The highest BCUT2D eigenvalue weighted by atomic mass is 16.5. The average Bonchev–Trinajstić information content (AvgIpc) is 2.08. The Morgan fingerprint density at radius 1 is 1.53 bits per heavy atom. The molecule has 1 aliphatic heterocycles. The van der Waals surface area contributed by atoms with E-state index in [1.807, 2.05) is 0 Å². The maximum absolute atomic E-state index is 11.3. The third-order valence-corrected chi connectivity index (χ3v) is 3.41. The summed E-state index contributed by atoms with van der Waals surface area (Å²) in [5.41, 5.74) is 0.515. The molecule has 15 heavy (non-hydrogen) atoms. The Bertz CT molecular complexity index is 231. The fraction of sp³-hybridized carbons (Fsp3) is 0.909. The molecule has 1 aliphatic carbocycles. The van der Waals surface area contributed by atoms with Crippen LogP contribution in [0.25, 0.3) is 0 Å². The van der Waals surface area contributed by atoms with E-state index in [0.29, 0.717) is 18.1 Å². The van der Waals surface area contributed by atoms with Gasteiger partial charge in [0.2, 0.25) is 0 Å². The number of carbonyl (C=O) groups is 1. The zero-order valence-corrected chi connectivity index (χ0v) is 9.34. The number of ether oxygens (including phenoxy) is 1. The molecule has 0 atom stereocenters. The van der Waals surface area contributed by atoms with Crippen molar-refractivity contribution in [3.63, 3.8) is 0 Å². The molecule has 4 nitrogen and oxygen atoms in total. The van der Waals surface area contributed by atoms with Crippen molar-refractivity contribution in [1.82, 2.24) is 10.6 Å². The highest BCUT2D eigenvalue weighted by molar-refractivity contribution is 5.67. The summed E-state index contributed by atoms with van der Waals surface area (Å²) in [6.07, 6.45) is 4.00. The molecule has 86 valence electrons. The summed E-state index contributed by atoms with van der Waals surface area (Å²) in [7, 11) is 0. The number of carbonyl (C=O) groups excluding carboxylic acids is 1. The van der Waals surface area contributed by atoms with Gasteiger partial charge in [-0.15, -0.1) is 0 Å². The number of hydrogen-bond acceptors (Lipinski definition) is 3. The topological polar surface area (TPSA) is 50.4 Å². The Labute approximate surface area is 90.8 Å². The van der Waals surface area contributed by atoms with Crippen LogP contribution in [0.5, 0.6) is 0 Å². The predicted octanol–water partition coefficient (Wildman–Crippen LogP) is 1.26. The summed E-state index contributed by atoms with van der Waals surface area (Å²) in [5, 5.41) is 6.19. The normalized spacial score (nSPS) is 23.0. The molecule has 2 fully saturated rings. The van der Waals surface area contributed by atoms with E-state index in [4.69, 9.17) is 4.74 Å². The molecule has 1 saturated heterocycles. The average molecular weight is 212 g/mol. The maximum atomic E-state index is 11.3. The SMILES string of the molecule is CCCCOC(=O)NC1CC2(CNC2)C1. The molecule has 0 aromatic carbocycles. The molecule has 4 heteroatoms. The molecule has 1 saturated carbocycles. The summed E-state index contributed by atoms with van der Waals surface area (Å²) >= 11 is 0. The quantitative estimate of drug-likeness (QED) is 0.690. The Hall–Kier alpha value is -0.770. The van der Waals surface area contributed by atoms with E-state index in [1.165, 1.54) is 0 Å². The van der Waals surface area contributed by atoms with Gasteiger partial charge in [0, 0.05) is 19.1 Å². The van der Waals surface area contributed by atoms with Crippen molar-refractivity contribution in [2.45, 2.75) is 38.6 Å². The molecular formula is C11H20N2O2. The van der Waals surface area contributed by atoms with Crippen LogP contribution < -0.4 is 10.6 Å². The minimum absolute atomic E-state index is 0.240. The van der Waals surface area contributed by atoms with Crippen LogP contribution in [-0.4, -0.2) is 31.8 Å². The van der Waals surface area contributed by atoms with Gasteiger partial charge in [0.25, 0.3) is 0 Å². The minimum atomic E-state index is -0.240. The maximum Gasteiger partial charge on any atom is 0.407 e. The largest absolute Gasteiger partial charge is 0.450 e. The summed E-state index contributed by atoms with van der Waals surface area (Å²) in [6, 6.07) is 0.348. The first-order valence-electron chi connectivity index (χ1n) is 5.88. The first-order valence-corrected chi connectivity index (χ1v) is 5.88. The van der Waals surface area contributed by atoms with Gasteiger partial charge in [-0.3, -0.25) is 0 Å². The predicted molar refractivity (Wildman–Crippen MR) is 57.7 cm³/mol. The van der Waals surface area contributed by atoms with Crippen LogP contribution in [0, 0.1) is 5.41 Å². The molecule has 0 aromatic heterocycles. The summed E-state index contributed by atoms with van der Waals surface area (Å²) in [4.78, 5) is 11.3. The third-order valence-electron chi connectivity index (χ3n) is 3.41. The van der Waals surface area contributed by atoms with Gasteiger partial charge in [0.1, 0.15) is 0 Å². The minimum Gasteiger partial charge on any atom is -0.450 e. The lowest BCUT2D eigenvalue weighted by molar-refractivity contribution is 0.0219. The van der Waals surface area contributed by atoms with Gasteiger partial charge < -0.3 is 15.4 Å². The van der Waals surface area contributed by atoms with Gasteiger partial charge in [-0.1, -0.05) is 13.3 Å². The second kappa shape index (κ2) is 4.39. The Morgan fingerprint density at radius 2 is 2.27 bits per heavy atom. The first-order chi connectivity index (χ1) is 7.24. The molecule has 0 aromatic rings. The summed E-state index contributed by atoms with van der Waals surface area (Å²) in [6.45, 7) is 4.87. The molecule has 1 spiro atoms. The zero-order valence-electron chi connectivity index (χ0n) is 9.34. The number of nitrogens with one attached hydrogen (secondary N) is 2. The lowest BCUT2D eigenvalue weighted by Gasteiger charge is -2.54. The van der Waals surface area contributed by atoms with Crippen LogP contribution >= 0.6 is 0 Å². The second-order valence-electron chi connectivity index (χ2n) is 4.84. The molecular weight excluding hydrogens is 192 g/mol. The molecule has 1 heterocycles. The fourth-order valence-electron chi connectivity index (χ4n) is 2.37. The van der Waals surface area contributed by atoms with Crippen LogP contribution in [0.4, 0.5) is 4.79 Å². The summed E-state index contributed by atoms with van der Waals surface area (Å²) < 4.78 is 5.04. The highest BCUT2D eigenvalue weighted by Crippen LogP contribution is 2.43. The van der Waals surface area contributed by atoms with Gasteiger partial charge in [-0.05, 0) is 24.7 Å². The van der Waals surface area contributed by atoms with Crippen LogP contribution in [0.2, 0.25) is 0 Å². The lowest BCUT2D eigenvalue weighted by atomic mass is 9.62. The Morgan fingerprint density at radius 3 is 2.80 bits per heavy atom. The van der Waals surface area contributed by atoms with Gasteiger partial charge in [0.15, 0.2) is 0 Å². The van der Waals surface area contributed by atoms with E-state index >= 15 is 0 Å². The van der Waals surface area contributed by atoms with Gasteiger partial charge in [0.05, 0.1) is 6.61 Å². The molecule has 2 N–H and O–H groups in total. The third kappa shape index (κ3) is 2.43. The first kappa shape index (κ1) is 10.7. The van der Waals surface area contributed by atoms with E-state index in [2.05, 4.69) is 17.6 Å². The number of rotatable bonds is 4. The fourth-order valence-corrected chi connectivity index (χ4v) is 2.37. The number of amides is 1. The van der Waals surface area contributed by atoms with Crippen LogP contribution in [0.1, 0.15) is 32.6 Å². The summed E-state index contributed by atoms with van der Waals surface area (Å²) in [5.74, 6) is 0. The van der Waals surface area contributed by atoms with Gasteiger partial charge >= 0.3 is 6.09 Å². The monoisotopic (exact) mass is 212 g/mol.